The van der Waals surface area contributed by atoms with E-state index in [9.17, 15) is 9.59 Å². The fourth-order valence-electron chi connectivity index (χ4n) is 1.84. The predicted molar refractivity (Wildman–Crippen MR) is 66.1 cm³/mol. The molecule has 0 spiro atoms. The molecule has 0 unspecified atom stereocenters. The van der Waals surface area contributed by atoms with Gasteiger partial charge in [-0.3, -0.25) is 0 Å². The maximum atomic E-state index is 11.6. The third kappa shape index (κ3) is 3.39. The number of hydrogen-bond acceptors (Lipinski definition) is 5. The van der Waals surface area contributed by atoms with Gasteiger partial charge in [0, 0.05) is 13.8 Å². The number of benzene rings is 1. The van der Waals surface area contributed by atoms with Crippen LogP contribution in [0.15, 0.2) is 30.3 Å². The van der Waals surface area contributed by atoms with Gasteiger partial charge in [0.05, 0.1) is 6.61 Å². The van der Waals surface area contributed by atoms with E-state index < -0.39 is 24.0 Å². The van der Waals surface area contributed by atoms with E-state index in [1.807, 2.05) is 30.3 Å². The molecule has 0 saturated carbocycles. The lowest BCUT2D eigenvalue weighted by atomic mass is 10.2. The molecule has 1 heterocycles. The summed E-state index contributed by atoms with van der Waals surface area (Å²) < 4.78 is 15.8. The van der Waals surface area contributed by atoms with Crippen LogP contribution in [0.5, 0.6) is 0 Å². The van der Waals surface area contributed by atoms with Gasteiger partial charge < -0.3 is 19.0 Å². The molecular formula is C14H16O5. The monoisotopic (exact) mass is 264 g/mol. The minimum atomic E-state index is -1.01. The minimum Gasteiger partial charge on any atom is -0.432 e. The Morgan fingerprint density at radius 3 is 2.58 bits per heavy atom. The molecule has 0 bridgehead atoms. The highest BCUT2D eigenvalue weighted by molar-refractivity contribution is 5.81. The summed E-state index contributed by atoms with van der Waals surface area (Å²) in [7, 11) is 0. The molecule has 0 radical (unpaired) electrons. The fraction of sp³-hybridized carbons (Fsp3) is 0.429. The molecule has 0 aromatic heterocycles. The van der Waals surface area contributed by atoms with Gasteiger partial charge in [0.15, 0.2) is 18.5 Å². The first-order valence-electron chi connectivity index (χ1n) is 6.03. The highest BCUT2D eigenvalue weighted by Crippen LogP contribution is 2.26. The van der Waals surface area contributed by atoms with Gasteiger partial charge in [-0.1, -0.05) is 30.3 Å². The Balaban J connectivity index is 1.97. The van der Waals surface area contributed by atoms with Crippen molar-refractivity contribution < 1.29 is 23.8 Å². The van der Waals surface area contributed by atoms with Gasteiger partial charge in [-0.15, -0.1) is 0 Å². The first kappa shape index (κ1) is 13.7. The van der Waals surface area contributed by atoms with Crippen LogP contribution in [0.1, 0.15) is 19.4 Å². The SMILES string of the molecule is CC1(C)OC(=O)[C@@H]([C@H](C=O)OCc2ccccc2)O1. The third-order valence-corrected chi connectivity index (χ3v) is 2.71. The molecule has 19 heavy (non-hydrogen) atoms. The average molecular weight is 264 g/mol. The summed E-state index contributed by atoms with van der Waals surface area (Å²) in [4.78, 5) is 22.7. The molecule has 5 nitrogen and oxygen atoms in total. The second kappa shape index (κ2) is 5.50. The Bertz CT molecular complexity index is 454. The Morgan fingerprint density at radius 1 is 1.37 bits per heavy atom. The van der Waals surface area contributed by atoms with E-state index >= 15 is 0 Å². The van der Waals surface area contributed by atoms with E-state index in [0.29, 0.717) is 6.29 Å². The Morgan fingerprint density at radius 2 is 2.05 bits per heavy atom. The summed E-state index contributed by atoms with van der Waals surface area (Å²) in [5, 5.41) is 0. The summed E-state index contributed by atoms with van der Waals surface area (Å²) >= 11 is 0. The molecule has 1 saturated heterocycles. The van der Waals surface area contributed by atoms with E-state index in [4.69, 9.17) is 14.2 Å². The smallest absolute Gasteiger partial charge is 0.341 e. The summed E-state index contributed by atoms with van der Waals surface area (Å²) in [6.07, 6.45) is -1.40. The van der Waals surface area contributed by atoms with Crippen LogP contribution in [0.4, 0.5) is 0 Å². The van der Waals surface area contributed by atoms with Crippen LogP contribution in [0.3, 0.4) is 0 Å². The zero-order chi connectivity index (χ0) is 13.9. The van der Waals surface area contributed by atoms with Gasteiger partial charge in [-0.05, 0) is 5.56 Å². The molecule has 1 aromatic rings. The lowest BCUT2D eigenvalue weighted by Crippen LogP contribution is -2.36. The lowest BCUT2D eigenvalue weighted by molar-refractivity contribution is -0.165. The number of carbonyl (C=O) groups is 2. The lowest BCUT2D eigenvalue weighted by Gasteiger charge is -2.18. The zero-order valence-electron chi connectivity index (χ0n) is 10.9. The van der Waals surface area contributed by atoms with Crippen molar-refractivity contribution in [2.75, 3.05) is 0 Å². The molecule has 1 aliphatic heterocycles. The van der Waals surface area contributed by atoms with Crippen molar-refractivity contribution in [1.29, 1.82) is 0 Å². The van der Waals surface area contributed by atoms with Crippen LogP contribution < -0.4 is 0 Å². The van der Waals surface area contributed by atoms with Crippen molar-refractivity contribution in [3.63, 3.8) is 0 Å². The Kier molecular flexibility index (Phi) is 3.97. The minimum absolute atomic E-state index is 0.234. The molecule has 2 rings (SSSR count). The Hall–Kier alpha value is -1.72. The third-order valence-electron chi connectivity index (χ3n) is 2.71. The molecule has 5 heteroatoms. The summed E-state index contributed by atoms with van der Waals surface area (Å²) in [5.74, 6) is -1.59. The standard InChI is InChI=1S/C14H16O5/c1-14(2)18-12(13(16)19-14)11(8-15)17-9-10-6-4-3-5-7-10/h3-8,11-12H,9H2,1-2H3/t11-,12+/m0/s1. The van der Waals surface area contributed by atoms with Crippen LogP contribution in [-0.2, 0) is 30.4 Å². The number of cyclic esters (lactones) is 1. The maximum Gasteiger partial charge on any atom is 0.341 e. The predicted octanol–water partition coefficient (Wildman–Crippen LogP) is 1.45. The van der Waals surface area contributed by atoms with Crippen LogP contribution in [0.2, 0.25) is 0 Å². The van der Waals surface area contributed by atoms with Crippen molar-refractivity contribution in [3.05, 3.63) is 35.9 Å². The van der Waals surface area contributed by atoms with E-state index in [1.54, 1.807) is 13.8 Å². The first-order chi connectivity index (χ1) is 9.02. The van der Waals surface area contributed by atoms with Gasteiger partial charge in [-0.25, -0.2) is 4.79 Å². The largest absolute Gasteiger partial charge is 0.432 e. The average Bonchev–Trinajstić information content (AvgIpc) is 2.65. The zero-order valence-corrected chi connectivity index (χ0v) is 10.9. The summed E-state index contributed by atoms with van der Waals surface area (Å²) in [6, 6.07) is 9.38. The van der Waals surface area contributed by atoms with Crippen molar-refractivity contribution in [3.8, 4) is 0 Å². The van der Waals surface area contributed by atoms with Gasteiger partial charge in [0.2, 0.25) is 5.79 Å². The summed E-state index contributed by atoms with van der Waals surface area (Å²) in [5.41, 5.74) is 0.917. The van der Waals surface area contributed by atoms with Gasteiger partial charge >= 0.3 is 5.97 Å². The van der Waals surface area contributed by atoms with Crippen molar-refractivity contribution in [2.24, 2.45) is 0 Å². The van der Waals surface area contributed by atoms with Crippen LogP contribution in [0, 0.1) is 0 Å². The second-order valence-corrected chi connectivity index (χ2v) is 4.76. The van der Waals surface area contributed by atoms with Crippen molar-refractivity contribution in [1.82, 2.24) is 0 Å². The summed E-state index contributed by atoms with van der Waals surface area (Å²) in [6.45, 7) is 3.46. The number of esters is 1. The highest BCUT2D eigenvalue weighted by atomic mass is 16.8. The maximum absolute atomic E-state index is 11.6. The molecule has 0 amide bonds. The number of ether oxygens (including phenoxy) is 3. The quantitative estimate of drug-likeness (QED) is 0.595. The van der Waals surface area contributed by atoms with Crippen LogP contribution in [0.25, 0.3) is 0 Å². The molecule has 0 N–H and O–H groups in total. The van der Waals surface area contributed by atoms with Crippen molar-refractivity contribution >= 4 is 12.3 Å². The van der Waals surface area contributed by atoms with Gasteiger partial charge in [-0.2, -0.15) is 0 Å². The highest BCUT2D eigenvalue weighted by Gasteiger charge is 2.45. The van der Waals surface area contributed by atoms with E-state index in [0.717, 1.165) is 5.56 Å². The van der Waals surface area contributed by atoms with Crippen LogP contribution >= 0.6 is 0 Å². The normalized spacial score (nSPS) is 22.8. The molecular weight excluding hydrogens is 248 g/mol. The van der Waals surface area contributed by atoms with E-state index in [-0.39, 0.29) is 6.61 Å². The number of hydrogen-bond donors (Lipinski definition) is 0. The molecule has 2 atom stereocenters. The van der Waals surface area contributed by atoms with Gasteiger partial charge in [0.25, 0.3) is 0 Å². The van der Waals surface area contributed by atoms with E-state index in [2.05, 4.69) is 0 Å². The van der Waals surface area contributed by atoms with Crippen LogP contribution in [-0.4, -0.2) is 30.3 Å². The number of rotatable bonds is 5. The van der Waals surface area contributed by atoms with Crippen molar-refractivity contribution in [2.45, 2.75) is 38.4 Å². The molecule has 0 aliphatic carbocycles. The molecule has 102 valence electrons. The molecule has 1 fully saturated rings. The topological polar surface area (TPSA) is 61.8 Å². The number of carbonyl (C=O) groups excluding carboxylic acids is 2. The second-order valence-electron chi connectivity index (χ2n) is 4.76. The molecule has 1 aromatic carbocycles. The Labute approximate surface area is 111 Å². The number of aldehydes is 1. The van der Waals surface area contributed by atoms with E-state index in [1.165, 1.54) is 0 Å². The fourth-order valence-corrected chi connectivity index (χ4v) is 1.84. The van der Waals surface area contributed by atoms with Gasteiger partial charge in [0.1, 0.15) is 0 Å². The first-order valence-corrected chi connectivity index (χ1v) is 6.03. The molecule has 1 aliphatic rings.